The van der Waals surface area contributed by atoms with Gasteiger partial charge in [0.05, 0.1) is 18.1 Å². The summed E-state index contributed by atoms with van der Waals surface area (Å²) in [7, 11) is 1.70. The van der Waals surface area contributed by atoms with Crippen LogP contribution in [-0.2, 0) is 6.54 Å². The Morgan fingerprint density at radius 3 is 2.62 bits per heavy atom. The van der Waals surface area contributed by atoms with Gasteiger partial charge in [-0.2, -0.15) is 0 Å². The molecule has 0 amide bonds. The van der Waals surface area contributed by atoms with Gasteiger partial charge in [-0.25, -0.2) is 4.98 Å². The molecule has 2 aromatic carbocycles. The largest absolute Gasteiger partial charge is 0.496 e. The van der Waals surface area contributed by atoms with Crippen molar-refractivity contribution in [2.45, 2.75) is 26.8 Å². The molecule has 0 spiro atoms. The van der Waals surface area contributed by atoms with Crippen molar-refractivity contribution in [3.8, 4) is 5.75 Å². The average Bonchev–Trinajstić information content (AvgIpc) is 2.97. The zero-order chi connectivity index (χ0) is 16.9. The quantitative estimate of drug-likeness (QED) is 0.619. The Morgan fingerprint density at radius 2 is 1.83 bits per heavy atom. The molecule has 1 aromatic heterocycles. The van der Waals surface area contributed by atoms with Gasteiger partial charge >= 0.3 is 0 Å². The van der Waals surface area contributed by atoms with Crippen LogP contribution in [0.2, 0.25) is 0 Å². The number of rotatable bonds is 6. The molecular formula is C21H24N2O. The second kappa shape index (κ2) is 7.35. The van der Waals surface area contributed by atoms with E-state index in [9.17, 15) is 0 Å². The number of imidazole rings is 1. The van der Waals surface area contributed by atoms with Gasteiger partial charge < -0.3 is 9.30 Å². The Morgan fingerprint density at radius 1 is 1.08 bits per heavy atom. The highest BCUT2D eigenvalue weighted by molar-refractivity contribution is 5.80. The van der Waals surface area contributed by atoms with Gasteiger partial charge in [0.2, 0.25) is 0 Å². The van der Waals surface area contributed by atoms with Crippen LogP contribution in [0.1, 0.15) is 31.7 Å². The summed E-state index contributed by atoms with van der Waals surface area (Å²) >= 11 is 0. The first-order valence-corrected chi connectivity index (χ1v) is 8.49. The molecule has 1 heterocycles. The highest BCUT2D eigenvalue weighted by atomic mass is 16.5. The van der Waals surface area contributed by atoms with E-state index in [1.807, 2.05) is 24.3 Å². The molecule has 0 unspecified atom stereocenters. The summed E-state index contributed by atoms with van der Waals surface area (Å²) in [6.07, 6.45) is 5.32. The third kappa shape index (κ3) is 3.35. The van der Waals surface area contributed by atoms with Gasteiger partial charge in [-0.15, -0.1) is 0 Å². The maximum atomic E-state index is 5.43. The van der Waals surface area contributed by atoms with Gasteiger partial charge in [-0.05, 0) is 36.3 Å². The topological polar surface area (TPSA) is 27.1 Å². The summed E-state index contributed by atoms with van der Waals surface area (Å²) < 4.78 is 7.74. The van der Waals surface area contributed by atoms with Gasteiger partial charge in [0.1, 0.15) is 11.6 Å². The Balaban J connectivity index is 2.02. The molecule has 124 valence electrons. The van der Waals surface area contributed by atoms with E-state index in [1.54, 1.807) is 7.11 Å². The van der Waals surface area contributed by atoms with Crippen LogP contribution in [0, 0.1) is 5.92 Å². The molecule has 0 saturated heterocycles. The van der Waals surface area contributed by atoms with E-state index in [1.165, 1.54) is 5.52 Å². The molecule has 0 radical (unpaired) electrons. The van der Waals surface area contributed by atoms with Gasteiger partial charge in [-0.3, -0.25) is 0 Å². The first kappa shape index (κ1) is 16.3. The predicted octanol–water partition coefficient (Wildman–Crippen LogP) is 5.26. The number of para-hydroxylation sites is 3. The smallest absolute Gasteiger partial charge is 0.133 e. The molecule has 0 fully saturated rings. The van der Waals surface area contributed by atoms with Crippen molar-refractivity contribution in [2.75, 3.05) is 7.11 Å². The Labute approximate surface area is 143 Å². The third-order valence-corrected chi connectivity index (χ3v) is 4.43. The first-order valence-electron chi connectivity index (χ1n) is 8.49. The van der Waals surface area contributed by atoms with Crippen molar-refractivity contribution in [2.24, 2.45) is 5.92 Å². The Kier molecular flexibility index (Phi) is 4.99. The molecule has 0 saturated carbocycles. The van der Waals surface area contributed by atoms with Crippen LogP contribution >= 0.6 is 0 Å². The molecule has 0 aliphatic rings. The summed E-state index contributed by atoms with van der Waals surface area (Å²) in [5.41, 5.74) is 3.29. The van der Waals surface area contributed by atoms with Crippen LogP contribution in [0.4, 0.5) is 0 Å². The van der Waals surface area contributed by atoms with E-state index in [4.69, 9.17) is 9.72 Å². The minimum Gasteiger partial charge on any atom is -0.496 e. The summed E-state index contributed by atoms with van der Waals surface area (Å²) in [6.45, 7) is 5.49. The molecule has 24 heavy (non-hydrogen) atoms. The van der Waals surface area contributed by atoms with Crippen molar-refractivity contribution in [3.63, 3.8) is 0 Å². The van der Waals surface area contributed by atoms with E-state index in [-0.39, 0.29) is 0 Å². The minimum absolute atomic E-state index is 0.612. The van der Waals surface area contributed by atoms with Crippen LogP contribution in [-0.4, -0.2) is 16.7 Å². The van der Waals surface area contributed by atoms with Crippen molar-refractivity contribution in [3.05, 3.63) is 59.9 Å². The summed E-state index contributed by atoms with van der Waals surface area (Å²) in [5, 5.41) is 0. The van der Waals surface area contributed by atoms with Crippen LogP contribution in [0.5, 0.6) is 5.75 Å². The first-order chi connectivity index (χ1) is 11.7. The lowest BCUT2D eigenvalue weighted by molar-refractivity contribution is 0.414. The molecular weight excluding hydrogens is 296 g/mol. The summed E-state index contributed by atoms with van der Waals surface area (Å²) in [6, 6.07) is 16.4. The molecule has 1 atom stereocenters. The second-order valence-corrected chi connectivity index (χ2v) is 6.16. The number of hydrogen-bond donors (Lipinski definition) is 0. The standard InChI is InChI=1S/C21H24N2O/c1-4-16(2)15-23-19-11-7-6-10-18(19)22-21(23)14-13-17-9-5-8-12-20(17)24-3/h5-14,16H,4,15H2,1-3H3/b14-13+/t16-/m0/s1. The van der Waals surface area contributed by atoms with E-state index in [0.29, 0.717) is 5.92 Å². The number of ether oxygens (including phenoxy) is 1. The molecule has 0 bridgehead atoms. The lowest BCUT2D eigenvalue weighted by atomic mass is 10.1. The number of nitrogens with zero attached hydrogens (tertiary/aromatic N) is 2. The Hall–Kier alpha value is -2.55. The van der Waals surface area contributed by atoms with E-state index in [2.05, 4.69) is 54.8 Å². The van der Waals surface area contributed by atoms with Gasteiger partial charge in [0.15, 0.2) is 0 Å². The van der Waals surface area contributed by atoms with Gasteiger partial charge in [-0.1, -0.05) is 50.6 Å². The predicted molar refractivity (Wildman–Crippen MR) is 101 cm³/mol. The number of hydrogen-bond acceptors (Lipinski definition) is 2. The molecule has 0 aliphatic carbocycles. The van der Waals surface area contributed by atoms with Gasteiger partial charge in [0, 0.05) is 12.1 Å². The van der Waals surface area contributed by atoms with Crippen molar-refractivity contribution < 1.29 is 4.74 Å². The minimum atomic E-state index is 0.612. The maximum Gasteiger partial charge on any atom is 0.133 e. The fourth-order valence-corrected chi connectivity index (χ4v) is 2.82. The third-order valence-electron chi connectivity index (χ3n) is 4.43. The molecule has 3 heteroatoms. The molecule has 3 rings (SSSR count). The normalized spacial score (nSPS) is 12.8. The zero-order valence-electron chi connectivity index (χ0n) is 14.6. The van der Waals surface area contributed by atoms with Crippen molar-refractivity contribution in [1.82, 2.24) is 9.55 Å². The lowest BCUT2D eigenvalue weighted by Gasteiger charge is -2.12. The monoisotopic (exact) mass is 320 g/mol. The molecule has 3 nitrogen and oxygen atoms in total. The lowest BCUT2D eigenvalue weighted by Crippen LogP contribution is -2.08. The second-order valence-electron chi connectivity index (χ2n) is 6.16. The number of benzene rings is 2. The van der Waals surface area contributed by atoms with Crippen molar-refractivity contribution in [1.29, 1.82) is 0 Å². The Bertz CT molecular complexity index is 848. The zero-order valence-corrected chi connectivity index (χ0v) is 14.6. The summed E-state index contributed by atoms with van der Waals surface area (Å²) in [5.74, 6) is 2.47. The van der Waals surface area contributed by atoms with Crippen LogP contribution in [0.25, 0.3) is 23.2 Å². The average molecular weight is 320 g/mol. The van der Waals surface area contributed by atoms with Crippen LogP contribution in [0.3, 0.4) is 0 Å². The molecule has 3 aromatic rings. The number of aromatic nitrogens is 2. The molecule has 0 aliphatic heterocycles. The highest BCUT2D eigenvalue weighted by Gasteiger charge is 2.10. The number of methoxy groups -OCH3 is 1. The van der Waals surface area contributed by atoms with E-state index in [0.717, 1.165) is 35.6 Å². The highest BCUT2D eigenvalue weighted by Crippen LogP contribution is 2.23. The summed E-state index contributed by atoms with van der Waals surface area (Å²) in [4.78, 5) is 4.81. The van der Waals surface area contributed by atoms with E-state index >= 15 is 0 Å². The van der Waals surface area contributed by atoms with Crippen LogP contribution < -0.4 is 4.74 Å². The van der Waals surface area contributed by atoms with Crippen molar-refractivity contribution >= 4 is 23.2 Å². The maximum absolute atomic E-state index is 5.43. The fraction of sp³-hybridized carbons (Fsp3) is 0.286. The number of fused-ring (bicyclic) bond motifs is 1. The molecule has 0 N–H and O–H groups in total. The van der Waals surface area contributed by atoms with Crippen LogP contribution in [0.15, 0.2) is 48.5 Å². The fourth-order valence-electron chi connectivity index (χ4n) is 2.82. The SMILES string of the molecule is CC[C@H](C)Cn1c(/C=C/c2ccccc2OC)nc2ccccc21. The van der Waals surface area contributed by atoms with E-state index < -0.39 is 0 Å². The van der Waals surface area contributed by atoms with Gasteiger partial charge in [0.25, 0.3) is 0 Å².